The molecule has 1 aromatic heterocycles. The Kier molecular flexibility index (Phi) is 3.52. The zero-order valence-corrected chi connectivity index (χ0v) is 11.1. The van der Waals surface area contributed by atoms with Gasteiger partial charge in [0, 0.05) is 33.9 Å². The van der Waals surface area contributed by atoms with Gasteiger partial charge in [-0.3, -0.25) is 0 Å². The van der Waals surface area contributed by atoms with Crippen LogP contribution in [0.4, 0.5) is 0 Å². The Morgan fingerprint density at radius 3 is 2.72 bits per heavy atom. The van der Waals surface area contributed by atoms with Crippen LogP contribution in [-0.4, -0.2) is 4.57 Å². The van der Waals surface area contributed by atoms with Gasteiger partial charge in [0.05, 0.1) is 0 Å². The van der Waals surface area contributed by atoms with Crippen molar-refractivity contribution in [3.63, 3.8) is 0 Å². The fourth-order valence-electron chi connectivity index (χ4n) is 2.53. The molecule has 0 N–H and O–H groups in total. The van der Waals surface area contributed by atoms with Crippen molar-refractivity contribution >= 4 is 23.9 Å². The number of fused-ring (bicyclic) bond motifs is 1. The van der Waals surface area contributed by atoms with E-state index in [1.54, 1.807) is 6.08 Å². The molecule has 0 bridgehead atoms. The van der Waals surface area contributed by atoms with Crippen LogP contribution in [0.5, 0.6) is 0 Å². The Labute approximate surface area is 108 Å². The smallest absolute Gasteiger partial charge is 0.0491 e. The molecular formula is C17H19N. The Morgan fingerprint density at radius 2 is 2.11 bits per heavy atom. The molecule has 0 spiro atoms. The normalized spacial score (nSPS) is 15.7. The van der Waals surface area contributed by atoms with Crippen LogP contribution in [0.2, 0.25) is 0 Å². The third-order valence-corrected chi connectivity index (χ3v) is 3.26. The highest BCUT2D eigenvalue weighted by molar-refractivity contribution is 5.67. The van der Waals surface area contributed by atoms with E-state index in [-0.39, 0.29) is 0 Å². The first-order valence-corrected chi connectivity index (χ1v) is 6.25. The van der Waals surface area contributed by atoms with Gasteiger partial charge in [-0.15, -0.1) is 0 Å². The van der Waals surface area contributed by atoms with Gasteiger partial charge < -0.3 is 4.57 Å². The predicted molar refractivity (Wildman–Crippen MR) is 81.4 cm³/mol. The summed E-state index contributed by atoms with van der Waals surface area (Å²) < 4.78 is 2.24. The summed E-state index contributed by atoms with van der Waals surface area (Å²) in [6.45, 7) is 12.0. The molecule has 0 fully saturated rings. The summed E-state index contributed by atoms with van der Waals surface area (Å²) in [5.41, 5.74) is 3.64. The Morgan fingerprint density at radius 1 is 1.33 bits per heavy atom. The van der Waals surface area contributed by atoms with Crippen molar-refractivity contribution in [2.45, 2.75) is 20.3 Å². The lowest BCUT2D eigenvalue weighted by Gasteiger charge is -2.07. The largest absolute Gasteiger partial charge is 0.314 e. The third kappa shape index (κ3) is 1.82. The second-order valence-corrected chi connectivity index (χ2v) is 4.26. The van der Waals surface area contributed by atoms with E-state index in [4.69, 9.17) is 0 Å². The molecule has 1 nitrogen and oxygen atoms in total. The minimum atomic E-state index is 0.977. The lowest BCUT2D eigenvalue weighted by Crippen LogP contribution is -2.29. The molecule has 1 aliphatic rings. The molecule has 1 aromatic rings. The number of nitrogens with zero attached hydrogens (tertiary/aromatic N) is 1. The molecule has 0 amide bonds. The molecule has 0 atom stereocenters. The molecule has 0 aliphatic heterocycles. The van der Waals surface area contributed by atoms with Crippen molar-refractivity contribution in [3.05, 3.63) is 59.3 Å². The van der Waals surface area contributed by atoms with Gasteiger partial charge >= 0.3 is 0 Å². The summed E-state index contributed by atoms with van der Waals surface area (Å²) in [6.07, 6.45) is 15.4. The zero-order valence-electron chi connectivity index (χ0n) is 11.1. The highest BCUT2D eigenvalue weighted by Gasteiger charge is 2.15. The number of rotatable bonds is 3. The van der Waals surface area contributed by atoms with E-state index in [9.17, 15) is 0 Å². The summed E-state index contributed by atoms with van der Waals surface area (Å²) in [5, 5.41) is 2.53. The molecule has 92 valence electrons. The highest BCUT2D eigenvalue weighted by Crippen LogP contribution is 2.18. The van der Waals surface area contributed by atoms with Crippen LogP contribution in [0.3, 0.4) is 0 Å². The SMILES string of the molecule is C=C/C=C\C(=C)n1c2c(c(=C/C)/c1=C\C)C=CC2. The average Bonchev–Trinajstić information content (AvgIpc) is 2.94. The van der Waals surface area contributed by atoms with Crippen LogP contribution < -0.4 is 10.6 Å². The van der Waals surface area contributed by atoms with E-state index >= 15 is 0 Å². The number of hydrogen-bond donors (Lipinski definition) is 0. The molecule has 2 rings (SSSR count). The van der Waals surface area contributed by atoms with E-state index in [1.807, 2.05) is 12.2 Å². The molecule has 0 saturated heterocycles. The van der Waals surface area contributed by atoms with Crippen LogP contribution in [-0.2, 0) is 6.42 Å². The van der Waals surface area contributed by atoms with Crippen LogP contribution in [0.25, 0.3) is 23.9 Å². The van der Waals surface area contributed by atoms with Crippen LogP contribution in [0.15, 0.2) is 37.5 Å². The predicted octanol–water partition coefficient (Wildman–Crippen LogP) is 2.87. The van der Waals surface area contributed by atoms with E-state index in [0.29, 0.717) is 0 Å². The maximum Gasteiger partial charge on any atom is 0.0491 e. The standard InChI is InChI=1S/C17H19N/c1-5-8-10-13(4)18-16(7-3)14(6-2)15-11-9-12-17(15)18/h5-11H,1,4,12H2,2-3H3/b10-8-,14-6-,16-7+. The van der Waals surface area contributed by atoms with Crippen LogP contribution in [0.1, 0.15) is 25.1 Å². The fraction of sp³-hybridized carbons (Fsp3) is 0.176. The van der Waals surface area contributed by atoms with Crippen molar-refractivity contribution in [1.29, 1.82) is 0 Å². The summed E-state index contributed by atoms with van der Waals surface area (Å²) in [4.78, 5) is 0. The summed E-state index contributed by atoms with van der Waals surface area (Å²) in [5.74, 6) is 0. The first-order chi connectivity index (χ1) is 8.74. The van der Waals surface area contributed by atoms with Gasteiger partial charge in [0.2, 0.25) is 0 Å². The summed E-state index contributed by atoms with van der Waals surface area (Å²) >= 11 is 0. The maximum absolute atomic E-state index is 4.16. The van der Waals surface area contributed by atoms with Crippen molar-refractivity contribution in [1.82, 2.24) is 4.57 Å². The van der Waals surface area contributed by atoms with Crippen molar-refractivity contribution in [2.24, 2.45) is 0 Å². The average molecular weight is 237 g/mol. The van der Waals surface area contributed by atoms with E-state index in [2.05, 4.69) is 55.9 Å². The zero-order chi connectivity index (χ0) is 13.1. The quantitative estimate of drug-likeness (QED) is 0.712. The van der Waals surface area contributed by atoms with Crippen LogP contribution in [0, 0.1) is 0 Å². The minimum Gasteiger partial charge on any atom is -0.314 e. The molecule has 0 saturated carbocycles. The molecule has 0 aromatic carbocycles. The molecular weight excluding hydrogens is 218 g/mol. The highest BCUT2D eigenvalue weighted by atomic mass is 15.0. The summed E-state index contributed by atoms with van der Waals surface area (Å²) in [7, 11) is 0. The van der Waals surface area contributed by atoms with Crippen molar-refractivity contribution < 1.29 is 0 Å². The van der Waals surface area contributed by atoms with Gasteiger partial charge in [0.1, 0.15) is 0 Å². The van der Waals surface area contributed by atoms with Crippen LogP contribution >= 0.6 is 0 Å². The van der Waals surface area contributed by atoms with E-state index in [1.165, 1.54) is 21.8 Å². The second-order valence-electron chi connectivity index (χ2n) is 4.26. The van der Waals surface area contributed by atoms with E-state index < -0.39 is 0 Å². The van der Waals surface area contributed by atoms with Gasteiger partial charge in [-0.05, 0) is 19.9 Å². The fourth-order valence-corrected chi connectivity index (χ4v) is 2.53. The minimum absolute atomic E-state index is 0.977. The molecule has 1 heteroatoms. The molecule has 18 heavy (non-hydrogen) atoms. The number of hydrogen-bond acceptors (Lipinski definition) is 0. The van der Waals surface area contributed by atoms with Gasteiger partial charge in [0.15, 0.2) is 0 Å². The first kappa shape index (κ1) is 12.4. The Balaban J connectivity index is 2.74. The number of aromatic nitrogens is 1. The molecule has 0 unspecified atom stereocenters. The van der Waals surface area contributed by atoms with Gasteiger partial charge in [-0.1, -0.05) is 49.6 Å². The topological polar surface area (TPSA) is 4.93 Å². The number of allylic oxidation sites excluding steroid dienone is 5. The van der Waals surface area contributed by atoms with E-state index in [0.717, 1.165) is 12.1 Å². The molecule has 1 aliphatic carbocycles. The monoisotopic (exact) mass is 237 g/mol. The Bertz CT molecular complexity index is 663. The lowest BCUT2D eigenvalue weighted by molar-refractivity contribution is 0.981. The molecule has 0 radical (unpaired) electrons. The van der Waals surface area contributed by atoms with Crippen molar-refractivity contribution in [3.8, 4) is 0 Å². The molecule has 1 heterocycles. The first-order valence-electron chi connectivity index (χ1n) is 6.25. The van der Waals surface area contributed by atoms with Gasteiger partial charge in [0.25, 0.3) is 0 Å². The Hall–Kier alpha value is -2.02. The van der Waals surface area contributed by atoms with Gasteiger partial charge in [-0.25, -0.2) is 0 Å². The second kappa shape index (κ2) is 5.09. The third-order valence-electron chi connectivity index (χ3n) is 3.26. The lowest BCUT2D eigenvalue weighted by atomic mass is 10.2. The van der Waals surface area contributed by atoms with Crippen molar-refractivity contribution in [2.75, 3.05) is 0 Å². The van der Waals surface area contributed by atoms with Gasteiger partial charge in [-0.2, -0.15) is 0 Å². The maximum atomic E-state index is 4.16. The summed E-state index contributed by atoms with van der Waals surface area (Å²) in [6, 6.07) is 0.